The second kappa shape index (κ2) is 7.91. The van der Waals surface area contributed by atoms with E-state index in [-0.39, 0.29) is 5.91 Å². The summed E-state index contributed by atoms with van der Waals surface area (Å²) >= 11 is 1.74. The molecule has 2 saturated heterocycles. The average Bonchev–Trinajstić information content (AvgIpc) is 3.10. The van der Waals surface area contributed by atoms with Gasteiger partial charge in [-0.1, -0.05) is 6.92 Å². The van der Waals surface area contributed by atoms with E-state index in [4.69, 9.17) is 10.5 Å². The molecule has 0 radical (unpaired) electrons. The fourth-order valence-corrected chi connectivity index (χ4v) is 4.26. The Kier molecular flexibility index (Phi) is 5.86. The molecule has 0 bridgehead atoms. The van der Waals surface area contributed by atoms with Gasteiger partial charge < -0.3 is 15.4 Å². The van der Waals surface area contributed by atoms with Crippen molar-refractivity contribution in [1.29, 1.82) is 0 Å². The van der Waals surface area contributed by atoms with Crippen LogP contribution in [0.5, 0.6) is 0 Å². The van der Waals surface area contributed by atoms with Crippen molar-refractivity contribution < 1.29 is 9.53 Å². The minimum Gasteiger partial charge on any atom is -0.381 e. The summed E-state index contributed by atoms with van der Waals surface area (Å²) in [6.45, 7) is 8.11. The van der Waals surface area contributed by atoms with Crippen LogP contribution in [0.25, 0.3) is 0 Å². The van der Waals surface area contributed by atoms with Crippen LogP contribution in [-0.4, -0.2) is 66.6 Å². The normalized spacial score (nSPS) is 21.8. The Morgan fingerprint density at radius 2 is 2.04 bits per heavy atom. The highest BCUT2D eigenvalue weighted by Crippen LogP contribution is 2.32. The quantitative estimate of drug-likeness (QED) is 0.859. The van der Waals surface area contributed by atoms with Gasteiger partial charge in [0.05, 0.1) is 16.1 Å². The van der Waals surface area contributed by atoms with E-state index in [1.807, 2.05) is 4.90 Å². The van der Waals surface area contributed by atoms with Gasteiger partial charge in [-0.2, -0.15) is 0 Å². The van der Waals surface area contributed by atoms with Crippen molar-refractivity contribution in [3.05, 3.63) is 16.1 Å². The maximum Gasteiger partial charge on any atom is 0.230 e. The van der Waals surface area contributed by atoms with Crippen LogP contribution in [0, 0.1) is 5.41 Å². The highest BCUT2D eigenvalue weighted by Gasteiger charge is 2.42. The maximum absolute atomic E-state index is 13.0. The van der Waals surface area contributed by atoms with Gasteiger partial charge in [-0.05, 0) is 19.3 Å². The fraction of sp³-hybridized carbons (Fsp3) is 0.765. The first kappa shape index (κ1) is 17.8. The Hall–Kier alpha value is -1.02. The smallest absolute Gasteiger partial charge is 0.230 e. The molecule has 0 aliphatic carbocycles. The molecule has 3 rings (SSSR count). The largest absolute Gasteiger partial charge is 0.381 e. The molecule has 0 unspecified atom stereocenters. The lowest BCUT2D eigenvalue weighted by Gasteiger charge is -2.42. The van der Waals surface area contributed by atoms with Crippen LogP contribution >= 0.6 is 11.3 Å². The van der Waals surface area contributed by atoms with Gasteiger partial charge in [-0.25, -0.2) is 4.98 Å². The van der Waals surface area contributed by atoms with Crippen molar-refractivity contribution in [1.82, 2.24) is 14.8 Å². The third kappa shape index (κ3) is 3.79. The van der Waals surface area contributed by atoms with Crippen molar-refractivity contribution >= 4 is 17.2 Å². The molecule has 2 aliphatic rings. The Morgan fingerprint density at radius 3 is 2.62 bits per heavy atom. The number of carbonyl (C=O) groups is 1. The zero-order valence-corrected chi connectivity index (χ0v) is 15.3. The number of nitrogens with zero attached hydrogens (tertiary/aromatic N) is 3. The van der Waals surface area contributed by atoms with Gasteiger partial charge in [-0.3, -0.25) is 9.69 Å². The SMILES string of the molecule is CCc1nc(CN2CCN(C(=O)C3(CN)CCOCC3)CC2)cs1. The summed E-state index contributed by atoms with van der Waals surface area (Å²) in [6, 6.07) is 0. The molecule has 0 atom stereocenters. The number of aromatic nitrogens is 1. The molecule has 2 aliphatic heterocycles. The van der Waals surface area contributed by atoms with Gasteiger partial charge in [0.1, 0.15) is 0 Å². The van der Waals surface area contributed by atoms with Crippen LogP contribution in [0.2, 0.25) is 0 Å². The zero-order chi connectivity index (χ0) is 17.0. The van der Waals surface area contributed by atoms with Crippen molar-refractivity contribution in [2.45, 2.75) is 32.7 Å². The van der Waals surface area contributed by atoms with E-state index in [1.165, 1.54) is 5.01 Å². The standard InChI is InChI=1S/C17H28N4O2S/c1-2-15-19-14(12-24-15)11-20-5-7-21(8-6-20)16(22)17(13-18)3-9-23-10-4-17/h12H,2-11,13,18H2,1H3. The number of nitrogens with two attached hydrogens (primary N) is 1. The monoisotopic (exact) mass is 352 g/mol. The minimum atomic E-state index is -0.397. The van der Waals surface area contributed by atoms with Crippen molar-refractivity contribution in [3.63, 3.8) is 0 Å². The molecule has 134 valence electrons. The number of thiazole rings is 1. The summed E-state index contributed by atoms with van der Waals surface area (Å²) in [4.78, 5) is 22.0. The summed E-state index contributed by atoms with van der Waals surface area (Å²) in [7, 11) is 0. The summed E-state index contributed by atoms with van der Waals surface area (Å²) in [5, 5.41) is 3.35. The molecule has 6 nitrogen and oxygen atoms in total. The van der Waals surface area contributed by atoms with E-state index >= 15 is 0 Å². The lowest BCUT2D eigenvalue weighted by atomic mass is 9.78. The number of hydrogen-bond acceptors (Lipinski definition) is 6. The molecular weight excluding hydrogens is 324 g/mol. The van der Waals surface area contributed by atoms with E-state index in [1.54, 1.807) is 11.3 Å². The molecule has 1 amide bonds. The van der Waals surface area contributed by atoms with Gasteiger partial charge in [0.25, 0.3) is 0 Å². The second-order valence-corrected chi connectivity index (χ2v) is 7.69. The Balaban J connectivity index is 1.53. The minimum absolute atomic E-state index is 0.231. The molecule has 7 heteroatoms. The number of aryl methyl sites for hydroxylation is 1. The Labute approximate surface area is 148 Å². The number of carbonyl (C=O) groups excluding carboxylic acids is 1. The molecule has 2 N–H and O–H groups in total. The second-order valence-electron chi connectivity index (χ2n) is 6.75. The average molecular weight is 353 g/mol. The number of ether oxygens (including phenoxy) is 1. The van der Waals surface area contributed by atoms with Crippen LogP contribution < -0.4 is 5.73 Å². The number of piperazine rings is 1. The molecule has 0 spiro atoms. The number of rotatable bonds is 5. The maximum atomic E-state index is 13.0. The lowest BCUT2D eigenvalue weighted by Crippen LogP contribution is -2.56. The molecule has 24 heavy (non-hydrogen) atoms. The zero-order valence-electron chi connectivity index (χ0n) is 14.5. The van der Waals surface area contributed by atoms with E-state index in [0.717, 1.165) is 57.7 Å². The first-order valence-corrected chi connectivity index (χ1v) is 9.77. The first-order chi connectivity index (χ1) is 11.7. The number of hydrogen-bond donors (Lipinski definition) is 1. The third-order valence-corrected chi connectivity index (χ3v) is 6.28. The van der Waals surface area contributed by atoms with Gasteiger partial charge in [0.15, 0.2) is 0 Å². The van der Waals surface area contributed by atoms with Crippen LogP contribution in [0.3, 0.4) is 0 Å². The Morgan fingerprint density at radius 1 is 1.33 bits per heavy atom. The van der Waals surface area contributed by atoms with Crippen LogP contribution in [-0.2, 0) is 22.5 Å². The predicted octanol–water partition coefficient (Wildman–Crippen LogP) is 1.11. The summed E-state index contributed by atoms with van der Waals surface area (Å²) in [5.74, 6) is 0.231. The van der Waals surface area contributed by atoms with E-state index < -0.39 is 5.41 Å². The van der Waals surface area contributed by atoms with Gasteiger partial charge >= 0.3 is 0 Å². The highest BCUT2D eigenvalue weighted by molar-refractivity contribution is 7.09. The highest BCUT2D eigenvalue weighted by atomic mass is 32.1. The molecule has 0 aromatic carbocycles. The summed E-state index contributed by atoms with van der Waals surface area (Å²) < 4.78 is 5.42. The third-order valence-electron chi connectivity index (χ3n) is 5.24. The summed E-state index contributed by atoms with van der Waals surface area (Å²) in [5.41, 5.74) is 6.73. The predicted molar refractivity (Wildman–Crippen MR) is 94.9 cm³/mol. The lowest BCUT2D eigenvalue weighted by molar-refractivity contribution is -0.149. The molecule has 2 fully saturated rings. The molecule has 1 aromatic rings. The first-order valence-electron chi connectivity index (χ1n) is 8.90. The molecular formula is C17H28N4O2S. The fourth-order valence-electron chi connectivity index (χ4n) is 3.52. The van der Waals surface area contributed by atoms with E-state index in [2.05, 4.69) is 22.2 Å². The topological polar surface area (TPSA) is 71.7 Å². The van der Waals surface area contributed by atoms with Crippen LogP contribution in [0.4, 0.5) is 0 Å². The van der Waals surface area contributed by atoms with Gasteiger partial charge in [-0.15, -0.1) is 11.3 Å². The van der Waals surface area contributed by atoms with Crippen molar-refractivity contribution in [3.8, 4) is 0 Å². The van der Waals surface area contributed by atoms with Gasteiger partial charge in [0, 0.05) is 57.9 Å². The number of amides is 1. The van der Waals surface area contributed by atoms with E-state index in [9.17, 15) is 4.79 Å². The Bertz CT molecular complexity index is 549. The van der Waals surface area contributed by atoms with Crippen molar-refractivity contribution in [2.75, 3.05) is 45.9 Å². The summed E-state index contributed by atoms with van der Waals surface area (Å²) in [6.07, 6.45) is 2.50. The molecule has 1 aromatic heterocycles. The van der Waals surface area contributed by atoms with Crippen LogP contribution in [0.15, 0.2) is 5.38 Å². The van der Waals surface area contributed by atoms with Crippen molar-refractivity contribution in [2.24, 2.45) is 11.1 Å². The molecule has 0 saturated carbocycles. The van der Waals surface area contributed by atoms with Gasteiger partial charge in [0.2, 0.25) is 5.91 Å². The molecule has 3 heterocycles. The van der Waals surface area contributed by atoms with E-state index in [0.29, 0.717) is 19.8 Å². The van der Waals surface area contributed by atoms with Crippen LogP contribution in [0.1, 0.15) is 30.5 Å².